The average Bonchev–Trinajstić information content (AvgIpc) is 2.64. The molecule has 0 aliphatic heterocycles. The molecule has 0 spiro atoms. The van der Waals surface area contributed by atoms with Crippen LogP contribution >= 0.6 is 0 Å². The molecule has 0 radical (unpaired) electrons. The van der Waals surface area contributed by atoms with Crippen LogP contribution in [0.3, 0.4) is 0 Å². The highest BCUT2D eigenvalue weighted by molar-refractivity contribution is 5.90. The molecule has 0 atom stereocenters. The van der Waals surface area contributed by atoms with Crippen molar-refractivity contribution in [3.63, 3.8) is 0 Å². The number of pyridine rings is 1. The molecule has 2 aromatic heterocycles. The Morgan fingerprint density at radius 3 is 2.58 bits per heavy atom. The Bertz CT molecular complexity index is 1000. The Morgan fingerprint density at radius 1 is 1.15 bits per heavy atom. The van der Waals surface area contributed by atoms with E-state index in [1.807, 2.05) is 0 Å². The average molecular weight is 351 g/mol. The van der Waals surface area contributed by atoms with Gasteiger partial charge in [0.25, 0.3) is 11.2 Å². The van der Waals surface area contributed by atoms with E-state index in [1.54, 1.807) is 30.6 Å². The molecule has 26 heavy (non-hydrogen) atoms. The summed E-state index contributed by atoms with van der Waals surface area (Å²) in [6.07, 6.45) is 3.23. The maximum atomic E-state index is 12.1. The minimum Gasteiger partial charge on any atom is -0.324 e. The first-order valence-corrected chi connectivity index (χ1v) is 7.56. The zero-order valence-electron chi connectivity index (χ0n) is 13.4. The Hall–Kier alpha value is -3.88. The topological polar surface area (TPSA) is 120 Å². The van der Waals surface area contributed by atoms with Crippen LogP contribution in [-0.4, -0.2) is 25.6 Å². The summed E-state index contributed by atoms with van der Waals surface area (Å²) >= 11 is 0. The molecule has 0 aliphatic carbocycles. The van der Waals surface area contributed by atoms with Crippen molar-refractivity contribution in [3.8, 4) is 11.3 Å². The van der Waals surface area contributed by atoms with E-state index in [-0.39, 0.29) is 12.2 Å². The number of amides is 1. The Kier molecular flexibility index (Phi) is 4.79. The highest BCUT2D eigenvalue weighted by atomic mass is 16.6. The van der Waals surface area contributed by atoms with Crippen LogP contribution in [0.25, 0.3) is 11.3 Å². The predicted octanol–water partition coefficient (Wildman–Crippen LogP) is 1.85. The number of nitrogens with one attached hydrogen (secondary N) is 1. The molecule has 3 aromatic rings. The van der Waals surface area contributed by atoms with Crippen LogP contribution < -0.4 is 10.9 Å². The summed E-state index contributed by atoms with van der Waals surface area (Å²) in [6.45, 7) is -0.288. The largest absolute Gasteiger partial charge is 0.324 e. The second-order valence-corrected chi connectivity index (χ2v) is 5.31. The van der Waals surface area contributed by atoms with E-state index >= 15 is 0 Å². The van der Waals surface area contributed by atoms with Gasteiger partial charge in [-0.15, -0.1) is 0 Å². The second kappa shape index (κ2) is 7.34. The number of nitro benzene ring substituents is 1. The Balaban J connectivity index is 1.74. The number of rotatable bonds is 5. The van der Waals surface area contributed by atoms with Gasteiger partial charge in [-0.1, -0.05) is 0 Å². The third-order valence-corrected chi connectivity index (χ3v) is 3.48. The summed E-state index contributed by atoms with van der Waals surface area (Å²) in [5, 5.41) is 17.4. The molecule has 1 aromatic carbocycles. The quantitative estimate of drug-likeness (QED) is 0.553. The number of carbonyl (C=O) groups excluding carboxylic acids is 1. The van der Waals surface area contributed by atoms with E-state index in [0.717, 1.165) is 10.2 Å². The van der Waals surface area contributed by atoms with E-state index in [4.69, 9.17) is 0 Å². The van der Waals surface area contributed by atoms with Crippen molar-refractivity contribution in [2.24, 2.45) is 0 Å². The SMILES string of the molecule is O=C(Cn1nc(-c2cccnc2)ccc1=O)Nc1ccc([N+](=O)[O-])cc1. The summed E-state index contributed by atoms with van der Waals surface area (Å²) in [5.41, 5.74) is 1.12. The summed E-state index contributed by atoms with van der Waals surface area (Å²) in [6, 6.07) is 11.8. The number of carbonyl (C=O) groups is 1. The van der Waals surface area contributed by atoms with Crippen molar-refractivity contribution in [2.75, 3.05) is 5.32 Å². The zero-order chi connectivity index (χ0) is 18.5. The standard InChI is InChI=1S/C17H13N5O4/c23-16(19-13-3-5-14(6-4-13)22(25)26)11-21-17(24)8-7-15(20-21)12-2-1-9-18-10-12/h1-10H,11H2,(H,19,23). The van der Waals surface area contributed by atoms with Crippen molar-refractivity contribution < 1.29 is 9.72 Å². The van der Waals surface area contributed by atoms with E-state index in [2.05, 4.69) is 15.4 Å². The van der Waals surface area contributed by atoms with E-state index in [1.165, 1.54) is 30.3 Å². The highest BCUT2D eigenvalue weighted by Gasteiger charge is 2.10. The third kappa shape index (κ3) is 3.96. The van der Waals surface area contributed by atoms with Crippen molar-refractivity contribution in [2.45, 2.75) is 6.54 Å². The zero-order valence-corrected chi connectivity index (χ0v) is 13.4. The van der Waals surface area contributed by atoms with Crippen LogP contribution in [0.15, 0.2) is 65.7 Å². The summed E-state index contributed by atoms with van der Waals surface area (Å²) in [7, 11) is 0. The van der Waals surface area contributed by atoms with Crippen LogP contribution in [-0.2, 0) is 11.3 Å². The fraction of sp³-hybridized carbons (Fsp3) is 0.0588. The predicted molar refractivity (Wildman–Crippen MR) is 93.5 cm³/mol. The number of benzene rings is 1. The maximum Gasteiger partial charge on any atom is 0.269 e. The molecule has 1 amide bonds. The number of nitrogens with zero attached hydrogens (tertiary/aromatic N) is 4. The van der Waals surface area contributed by atoms with Gasteiger partial charge in [0, 0.05) is 41.8 Å². The number of hydrogen-bond donors (Lipinski definition) is 1. The smallest absolute Gasteiger partial charge is 0.269 e. The molecule has 9 heteroatoms. The molecule has 3 rings (SSSR count). The molecule has 2 heterocycles. The monoisotopic (exact) mass is 351 g/mol. The lowest BCUT2D eigenvalue weighted by Crippen LogP contribution is -2.29. The van der Waals surface area contributed by atoms with Gasteiger partial charge < -0.3 is 5.32 Å². The summed E-state index contributed by atoms with van der Waals surface area (Å²) in [5.74, 6) is -0.475. The van der Waals surface area contributed by atoms with Gasteiger partial charge in [0.05, 0.1) is 10.6 Å². The van der Waals surface area contributed by atoms with Crippen molar-refractivity contribution in [3.05, 3.63) is 81.4 Å². The van der Waals surface area contributed by atoms with Gasteiger partial charge >= 0.3 is 0 Å². The van der Waals surface area contributed by atoms with Crippen LogP contribution in [0.5, 0.6) is 0 Å². The van der Waals surface area contributed by atoms with Crippen LogP contribution in [0, 0.1) is 10.1 Å². The first-order chi connectivity index (χ1) is 12.5. The number of aromatic nitrogens is 3. The van der Waals surface area contributed by atoms with Gasteiger partial charge in [0.15, 0.2) is 0 Å². The first-order valence-electron chi connectivity index (χ1n) is 7.56. The Labute approximate surface area is 147 Å². The van der Waals surface area contributed by atoms with Gasteiger partial charge in [-0.25, -0.2) is 4.68 Å². The minimum absolute atomic E-state index is 0.0787. The van der Waals surface area contributed by atoms with Crippen molar-refractivity contribution in [1.82, 2.24) is 14.8 Å². The third-order valence-electron chi connectivity index (χ3n) is 3.48. The first kappa shape index (κ1) is 17.0. The normalized spacial score (nSPS) is 10.3. The van der Waals surface area contributed by atoms with Gasteiger partial charge in [0.1, 0.15) is 6.54 Å². The number of anilines is 1. The molecule has 0 saturated carbocycles. The van der Waals surface area contributed by atoms with Gasteiger partial charge in [0.2, 0.25) is 5.91 Å². The lowest BCUT2D eigenvalue weighted by molar-refractivity contribution is -0.384. The minimum atomic E-state index is -0.529. The molecule has 0 aliphatic rings. The maximum absolute atomic E-state index is 12.1. The van der Waals surface area contributed by atoms with Gasteiger partial charge in [-0.05, 0) is 30.3 Å². The number of non-ortho nitro benzene ring substituents is 1. The molecule has 9 nitrogen and oxygen atoms in total. The molecule has 0 unspecified atom stereocenters. The summed E-state index contributed by atoms with van der Waals surface area (Å²) < 4.78 is 1.04. The van der Waals surface area contributed by atoms with E-state index in [9.17, 15) is 19.7 Å². The van der Waals surface area contributed by atoms with Crippen LogP contribution in [0.1, 0.15) is 0 Å². The van der Waals surface area contributed by atoms with E-state index in [0.29, 0.717) is 11.4 Å². The second-order valence-electron chi connectivity index (χ2n) is 5.31. The molecular formula is C17H13N5O4. The van der Waals surface area contributed by atoms with Crippen molar-refractivity contribution in [1.29, 1.82) is 0 Å². The lowest BCUT2D eigenvalue weighted by atomic mass is 10.2. The fourth-order valence-corrected chi connectivity index (χ4v) is 2.23. The molecule has 0 fully saturated rings. The number of hydrogen-bond acceptors (Lipinski definition) is 6. The van der Waals surface area contributed by atoms with Crippen molar-refractivity contribution >= 4 is 17.3 Å². The highest BCUT2D eigenvalue weighted by Crippen LogP contribution is 2.15. The van der Waals surface area contributed by atoms with E-state index < -0.39 is 16.4 Å². The molecule has 0 bridgehead atoms. The van der Waals surface area contributed by atoms with Crippen LogP contribution in [0.2, 0.25) is 0 Å². The lowest BCUT2D eigenvalue weighted by Gasteiger charge is -2.08. The summed E-state index contributed by atoms with van der Waals surface area (Å²) in [4.78, 5) is 38.2. The van der Waals surface area contributed by atoms with Crippen LogP contribution in [0.4, 0.5) is 11.4 Å². The molecule has 130 valence electrons. The Morgan fingerprint density at radius 2 is 1.92 bits per heavy atom. The van der Waals surface area contributed by atoms with Gasteiger partial charge in [-0.2, -0.15) is 5.10 Å². The molecular weight excluding hydrogens is 338 g/mol. The molecule has 1 N–H and O–H groups in total. The van der Waals surface area contributed by atoms with Gasteiger partial charge in [-0.3, -0.25) is 24.7 Å². The fourth-order valence-electron chi connectivity index (χ4n) is 2.23. The number of nitro groups is 1. The molecule has 0 saturated heterocycles.